The molecule has 1 fully saturated rings. The monoisotopic (exact) mass is 289 g/mol. The quantitative estimate of drug-likeness (QED) is 0.835. The van der Waals surface area contributed by atoms with Crippen LogP contribution < -0.4 is 5.32 Å². The summed E-state index contributed by atoms with van der Waals surface area (Å²) in [6.45, 7) is 10.6. The molecule has 3 nitrogen and oxygen atoms in total. The number of piperidine rings is 1. The lowest BCUT2D eigenvalue weighted by Gasteiger charge is -2.46. The molecule has 0 bridgehead atoms. The van der Waals surface area contributed by atoms with Crippen molar-refractivity contribution in [3.05, 3.63) is 30.1 Å². The Morgan fingerprint density at radius 3 is 2.48 bits per heavy atom. The first-order chi connectivity index (χ1) is 10.1. The summed E-state index contributed by atoms with van der Waals surface area (Å²) >= 11 is 0. The molecule has 1 aliphatic heterocycles. The van der Waals surface area contributed by atoms with Crippen LogP contribution in [0.4, 0.5) is 0 Å². The van der Waals surface area contributed by atoms with Gasteiger partial charge in [-0.3, -0.25) is 9.88 Å². The fraction of sp³-hybridized carbons (Fsp3) is 0.722. The molecule has 2 heterocycles. The molecule has 0 saturated carbocycles. The van der Waals surface area contributed by atoms with Crippen molar-refractivity contribution >= 4 is 0 Å². The van der Waals surface area contributed by atoms with Crippen LogP contribution in [0, 0.1) is 0 Å². The van der Waals surface area contributed by atoms with Crippen LogP contribution in [0.15, 0.2) is 24.5 Å². The Balaban J connectivity index is 2.09. The van der Waals surface area contributed by atoms with Gasteiger partial charge in [0, 0.05) is 24.0 Å². The standard InChI is InChI=1S/C18H31N3/c1-4-10-20-17(15-16-8-11-19-12-9-16)18(2,3)21-13-6-5-7-14-21/h8-9,11-12,17,20H,4-7,10,13-15H2,1-3H3. The molecule has 0 aromatic carbocycles. The number of nitrogens with one attached hydrogen (secondary N) is 1. The first-order valence-corrected chi connectivity index (χ1v) is 8.52. The minimum atomic E-state index is 0.193. The maximum absolute atomic E-state index is 4.14. The number of likely N-dealkylation sites (tertiary alicyclic amines) is 1. The van der Waals surface area contributed by atoms with Gasteiger partial charge < -0.3 is 5.32 Å². The van der Waals surface area contributed by atoms with Crippen molar-refractivity contribution < 1.29 is 0 Å². The average molecular weight is 289 g/mol. The summed E-state index contributed by atoms with van der Waals surface area (Å²) in [6, 6.07) is 4.78. The smallest absolute Gasteiger partial charge is 0.0309 e. The lowest BCUT2D eigenvalue weighted by molar-refractivity contribution is 0.0611. The van der Waals surface area contributed by atoms with E-state index in [1.165, 1.54) is 44.3 Å². The van der Waals surface area contributed by atoms with E-state index in [0.29, 0.717) is 6.04 Å². The van der Waals surface area contributed by atoms with Gasteiger partial charge >= 0.3 is 0 Å². The molecule has 21 heavy (non-hydrogen) atoms. The third-order valence-electron chi connectivity index (χ3n) is 4.85. The number of nitrogens with zero attached hydrogens (tertiary/aromatic N) is 2. The predicted octanol–water partition coefficient (Wildman–Crippen LogP) is 3.26. The highest BCUT2D eigenvalue weighted by Gasteiger charge is 2.35. The van der Waals surface area contributed by atoms with Gasteiger partial charge in [0.25, 0.3) is 0 Å². The third-order valence-corrected chi connectivity index (χ3v) is 4.85. The summed E-state index contributed by atoms with van der Waals surface area (Å²) in [7, 11) is 0. The molecular weight excluding hydrogens is 258 g/mol. The summed E-state index contributed by atoms with van der Waals surface area (Å²) in [5.74, 6) is 0. The highest BCUT2D eigenvalue weighted by atomic mass is 15.2. The Hall–Kier alpha value is -0.930. The van der Waals surface area contributed by atoms with Gasteiger partial charge in [-0.1, -0.05) is 13.3 Å². The maximum atomic E-state index is 4.14. The average Bonchev–Trinajstić information content (AvgIpc) is 2.53. The molecule has 1 aromatic heterocycles. The molecule has 3 heteroatoms. The third kappa shape index (κ3) is 4.52. The van der Waals surface area contributed by atoms with Crippen LogP contribution in [0.1, 0.15) is 52.0 Å². The number of aromatic nitrogens is 1. The van der Waals surface area contributed by atoms with E-state index in [4.69, 9.17) is 0 Å². The van der Waals surface area contributed by atoms with Gasteiger partial charge in [-0.25, -0.2) is 0 Å². The molecular formula is C18H31N3. The first kappa shape index (κ1) is 16.4. The van der Waals surface area contributed by atoms with E-state index in [1.807, 2.05) is 12.4 Å². The van der Waals surface area contributed by atoms with E-state index in [0.717, 1.165) is 13.0 Å². The highest BCUT2D eigenvalue weighted by molar-refractivity contribution is 5.14. The van der Waals surface area contributed by atoms with Crippen molar-refractivity contribution in [2.75, 3.05) is 19.6 Å². The van der Waals surface area contributed by atoms with Crippen LogP contribution in [0.2, 0.25) is 0 Å². The Morgan fingerprint density at radius 1 is 1.19 bits per heavy atom. The number of hydrogen-bond donors (Lipinski definition) is 1. The van der Waals surface area contributed by atoms with E-state index in [2.05, 4.69) is 48.1 Å². The van der Waals surface area contributed by atoms with Gasteiger partial charge in [0.15, 0.2) is 0 Å². The zero-order valence-electron chi connectivity index (χ0n) is 13.9. The van der Waals surface area contributed by atoms with Crippen LogP contribution in [0.5, 0.6) is 0 Å². The van der Waals surface area contributed by atoms with Gasteiger partial charge in [0.1, 0.15) is 0 Å². The predicted molar refractivity (Wildman–Crippen MR) is 89.5 cm³/mol. The second-order valence-corrected chi connectivity index (χ2v) is 6.77. The van der Waals surface area contributed by atoms with Crippen LogP contribution in [0.3, 0.4) is 0 Å². The second kappa shape index (κ2) is 7.90. The van der Waals surface area contributed by atoms with Crippen LogP contribution in [-0.2, 0) is 6.42 Å². The minimum Gasteiger partial charge on any atom is -0.312 e. The summed E-state index contributed by atoms with van der Waals surface area (Å²) < 4.78 is 0. The minimum absolute atomic E-state index is 0.193. The molecule has 118 valence electrons. The van der Waals surface area contributed by atoms with Crippen molar-refractivity contribution in [2.24, 2.45) is 0 Å². The summed E-state index contributed by atoms with van der Waals surface area (Å²) in [6.07, 6.45) is 10.2. The molecule has 1 saturated heterocycles. The molecule has 0 spiro atoms. The summed E-state index contributed by atoms with van der Waals surface area (Å²) in [5.41, 5.74) is 1.57. The Kier molecular flexibility index (Phi) is 6.19. The molecule has 1 aliphatic rings. The zero-order chi connectivity index (χ0) is 15.1. The largest absolute Gasteiger partial charge is 0.312 e. The Bertz CT molecular complexity index is 396. The lowest BCUT2D eigenvalue weighted by atomic mass is 9.86. The van der Waals surface area contributed by atoms with Crippen molar-refractivity contribution in [3.63, 3.8) is 0 Å². The second-order valence-electron chi connectivity index (χ2n) is 6.77. The highest BCUT2D eigenvalue weighted by Crippen LogP contribution is 2.26. The van der Waals surface area contributed by atoms with Crippen LogP contribution in [-0.4, -0.2) is 41.1 Å². The van der Waals surface area contributed by atoms with Crippen molar-refractivity contribution in [2.45, 2.75) is 64.5 Å². The van der Waals surface area contributed by atoms with Crippen molar-refractivity contribution in [3.8, 4) is 0 Å². The van der Waals surface area contributed by atoms with E-state index >= 15 is 0 Å². The van der Waals surface area contributed by atoms with E-state index in [1.54, 1.807) is 0 Å². The molecule has 1 aromatic rings. The fourth-order valence-corrected chi connectivity index (χ4v) is 3.34. The van der Waals surface area contributed by atoms with E-state index in [-0.39, 0.29) is 5.54 Å². The van der Waals surface area contributed by atoms with Gasteiger partial charge in [-0.15, -0.1) is 0 Å². The molecule has 0 aliphatic carbocycles. The van der Waals surface area contributed by atoms with Crippen molar-refractivity contribution in [1.82, 2.24) is 15.2 Å². The maximum Gasteiger partial charge on any atom is 0.0309 e. The molecule has 1 unspecified atom stereocenters. The summed E-state index contributed by atoms with van der Waals surface area (Å²) in [5, 5.41) is 3.79. The number of hydrogen-bond acceptors (Lipinski definition) is 3. The topological polar surface area (TPSA) is 28.2 Å². The fourth-order valence-electron chi connectivity index (χ4n) is 3.34. The number of pyridine rings is 1. The SMILES string of the molecule is CCCNC(Cc1ccncc1)C(C)(C)N1CCCCC1. The Morgan fingerprint density at radius 2 is 1.86 bits per heavy atom. The van der Waals surface area contributed by atoms with Crippen LogP contribution in [0.25, 0.3) is 0 Å². The summed E-state index contributed by atoms with van der Waals surface area (Å²) in [4.78, 5) is 6.82. The molecule has 2 rings (SSSR count). The Labute approximate surface area is 130 Å². The van der Waals surface area contributed by atoms with E-state index in [9.17, 15) is 0 Å². The van der Waals surface area contributed by atoms with Gasteiger partial charge in [-0.2, -0.15) is 0 Å². The number of rotatable bonds is 7. The van der Waals surface area contributed by atoms with Crippen molar-refractivity contribution in [1.29, 1.82) is 0 Å². The van der Waals surface area contributed by atoms with Gasteiger partial charge in [0.05, 0.1) is 0 Å². The van der Waals surface area contributed by atoms with Gasteiger partial charge in [-0.05, 0) is 76.9 Å². The molecule has 1 atom stereocenters. The van der Waals surface area contributed by atoms with Crippen LogP contribution >= 0.6 is 0 Å². The first-order valence-electron chi connectivity index (χ1n) is 8.52. The van der Waals surface area contributed by atoms with Gasteiger partial charge in [0.2, 0.25) is 0 Å². The van der Waals surface area contributed by atoms with E-state index < -0.39 is 0 Å². The normalized spacial score (nSPS) is 18.6. The zero-order valence-corrected chi connectivity index (χ0v) is 13.9. The molecule has 0 radical (unpaired) electrons. The lowest BCUT2D eigenvalue weighted by Crippen LogP contribution is -2.59. The molecule has 1 N–H and O–H groups in total. The molecule has 0 amide bonds.